The van der Waals surface area contributed by atoms with Crippen LogP contribution in [0.4, 0.5) is 36.8 Å². The van der Waals surface area contributed by atoms with Gasteiger partial charge in [-0.15, -0.1) is 0 Å². The predicted molar refractivity (Wildman–Crippen MR) is 132 cm³/mol. The molecule has 13 heteroatoms. The summed E-state index contributed by atoms with van der Waals surface area (Å²) in [6, 6.07) is 5.95. The minimum absolute atomic E-state index is 0.0476. The summed E-state index contributed by atoms with van der Waals surface area (Å²) in [5.74, 6) is 0. The highest BCUT2D eigenvalue weighted by atomic mass is 35.5. The number of carbonyl (C=O) groups excluding carboxylic acids is 1. The van der Waals surface area contributed by atoms with Gasteiger partial charge >= 0.3 is 18.4 Å². The van der Waals surface area contributed by atoms with Crippen LogP contribution in [0, 0.1) is 10.8 Å². The summed E-state index contributed by atoms with van der Waals surface area (Å²) in [6.07, 6.45) is -13.0. The van der Waals surface area contributed by atoms with Crippen LogP contribution in [0.15, 0.2) is 18.2 Å². The van der Waals surface area contributed by atoms with Crippen molar-refractivity contribution in [1.29, 1.82) is 0 Å². The number of piperidine rings is 1. The van der Waals surface area contributed by atoms with E-state index in [0.29, 0.717) is 24.4 Å². The van der Waals surface area contributed by atoms with Crippen molar-refractivity contribution in [2.24, 2.45) is 10.8 Å². The average Bonchev–Trinajstić information content (AvgIpc) is 3.24. The van der Waals surface area contributed by atoms with Gasteiger partial charge in [-0.3, -0.25) is 4.90 Å². The molecule has 1 aromatic rings. The summed E-state index contributed by atoms with van der Waals surface area (Å²) in [5, 5.41) is 0.697. The van der Waals surface area contributed by atoms with Gasteiger partial charge in [0.2, 0.25) is 0 Å². The van der Waals surface area contributed by atoms with E-state index in [-0.39, 0.29) is 23.9 Å². The maximum Gasteiger partial charge on any atom is 0.434 e. The van der Waals surface area contributed by atoms with Crippen LogP contribution >= 0.6 is 11.6 Å². The number of carbonyl (C=O) groups is 1. The van der Waals surface area contributed by atoms with Gasteiger partial charge in [0.15, 0.2) is 0 Å². The zero-order valence-electron chi connectivity index (χ0n) is 21.4. The molecule has 4 fully saturated rings. The van der Waals surface area contributed by atoms with Gasteiger partial charge in [-0.05, 0) is 55.1 Å². The number of nitrogens with zero attached hydrogens (tertiary/aromatic N) is 3. The van der Waals surface area contributed by atoms with Crippen LogP contribution in [0.1, 0.15) is 37.7 Å². The van der Waals surface area contributed by atoms with Gasteiger partial charge < -0.3 is 19.3 Å². The number of anilines is 1. The standard InChI is InChI=1S/C26H32ClF6N3O3/c27-19-2-1-3-20(36-11-4-23(17-36)7-12-38-13-8-23)18(19)14-34-15-24(16-34)5-9-35(10-6-24)22(37)39-21(25(28,29)30)26(31,32)33/h1-3,21H,4-17H2. The smallest absolute Gasteiger partial charge is 0.426 e. The van der Waals surface area contributed by atoms with E-state index < -0.39 is 24.5 Å². The van der Waals surface area contributed by atoms with Crippen molar-refractivity contribution in [1.82, 2.24) is 9.80 Å². The number of benzene rings is 1. The Labute approximate surface area is 228 Å². The minimum Gasteiger partial charge on any atom is -0.426 e. The lowest BCUT2D eigenvalue weighted by Gasteiger charge is -2.54. The summed E-state index contributed by atoms with van der Waals surface area (Å²) in [5.41, 5.74) is 2.34. The van der Waals surface area contributed by atoms with E-state index in [1.807, 2.05) is 12.1 Å². The first kappa shape index (κ1) is 28.6. The monoisotopic (exact) mass is 583 g/mol. The molecule has 4 heterocycles. The van der Waals surface area contributed by atoms with Crippen molar-refractivity contribution in [3.63, 3.8) is 0 Å². The third-order valence-electron chi connectivity index (χ3n) is 8.82. The number of hydrogen-bond donors (Lipinski definition) is 0. The van der Waals surface area contributed by atoms with Crippen molar-refractivity contribution in [2.75, 3.05) is 57.4 Å². The number of ether oxygens (including phenoxy) is 2. The molecule has 4 saturated heterocycles. The quantitative estimate of drug-likeness (QED) is 0.415. The van der Waals surface area contributed by atoms with Gasteiger partial charge in [0.25, 0.3) is 6.10 Å². The van der Waals surface area contributed by atoms with Crippen LogP contribution in [0.2, 0.25) is 5.02 Å². The van der Waals surface area contributed by atoms with E-state index in [1.54, 1.807) is 0 Å². The van der Waals surface area contributed by atoms with Crippen LogP contribution in [-0.4, -0.2) is 86.8 Å². The number of likely N-dealkylation sites (tertiary alicyclic amines) is 2. The summed E-state index contributed by atoms with van der Waals surface area (Å²) in [7, 11) is 0. The maximum atomic E-state index is 12.8. The maximum absolute atomic E-state index is 12.8. The number of hydrogen-bond acceptors (Lipinski definition) is 5. The first-order valence-corrected chi connectivity index (χ1v) is 13.6. The fourth-order valence-corrected chi connectivity index (χ4v) is 6.79. The van der Waals surface area contributed by atoms with Crippen LogP contribution in [0.3, 0.4) is 0 Å². The van der Waals surface area contributed by atoms with Crippen LogP contribution in [0.25, 0.3) is 0 Å². The second-order valence-corrected chi connectivity index (χ2v) is 11.9. The molecule has 1 amide bonds. The summed E-state index contributed by atoms with van der Waals surface area (Å²) in [4.78, 5) is 17.7. The molecule has 4 aliphatic heterocycles. The highest BCUT2D eigenvalue weighted by Gasteiger charge is 2.60. The molecule has 2 spiro atoms. The summed E-state index contributed by atoms with van der Waals surface area (Å²) in [6.45, 7) is 5.71. The van der Waals surface area contributed by atoms with Gasteiger partial charge in [0, 0.05) is 75.3 Å². The summed E-state index contributed by atoms with van der Waals surface area (Å²) >= 11 is 6.66. The van der Waals surface area contributed by atoms with Crippen molar-refractivity contribution >= 4 is 23.4 Å². The van der Waals surface area contributed by atoms with E-state index in [0.717, 1.165) is 74.8 Å². The minimum atomic E-state index is -5.72. The van der Waals surface area contributed by atoms with Crippen molar-refractivity contribution in [3.05, 3.63) is 28.8 Å². The zero-order valence-corrected chi connectivity index (χ0v) is 22.2. The number of alkyl halides is 6. The third kappa shape index (κ3) is 6.07. The molecule has 39 heavy (non-hydrogen) atoms. The molecule has 6 nitrogen and oxygen atoms in total. The topological polar surface area (TPSA) is 45.2 Å². The first-order chi connectivity index (χ1) is 18.3. The molecule has 5 rings (SSSR count). The fraction of sp³-hybridized carbons (Fsp3) is 0.731. The number of halogens is 7. The molecule has 0 aliphatic carbocycles. The second kappa shape index (κ2) is 10.5. The first-order valence-electron chi connectivity index (χ1n) is 13.2. The molecule has 0 bridgehead atoms. The third-order valence-corrected chi connectivity index (χ3v) is 9.18. The Bertz CT molecular complexity index is 1030. The molecule has 218 valence electrons. The molecular formula is C26H32ClF6N3O3. The molecule has 0 N–H and O–H groups in total. The lowest BCUT2D eigenvalue weighted by atomic mass is 9.72. The Balaban J connectivity index is 1.15. The average molecular weight is 584 g/mol. The van der Waals surface area contributed by atoms with E-state index >= 15 is 0 Å². The van der Waals surface area contributed by atoms with Crippen LogP contribution in [0.5, 0.6) is 0 Å². The van der Waals surface area contributed by atoms with Crippen molar-refractivity contribution in [3.8, 4) is 0 Å². The molecule has 0 unspecified atom stereocenters. The molecule has 0 aromatic heterocycles. The van der Waals surface area contributed by atoms with E-state index in [4.69, 9.17) is 16.3 Å². The largest absolute Gasteiger partial charge is 0.434 e. The van der Waals surface area contributed by atoms with Gasteiger partial charge in [0.1, 0.15) is 0 Å². The lowest BCUT2D eigenvalue weighted by molar-refractivity contribution is -0.308. The molecule has 0 saturated carbocycles. The number of amides is 1. The van der Waals surface area contributed by atoms with Gasteiger partial charge in [-0.25, -0.2) is 4.79 Å². The Hall–Kier alpha value is -1.92. The molecule has 0 atom stereocenters. The zero-order chi connectivity index (χ0) is 28.1. The Morgan fingerprint density at radius 2 is 1.54 bits per heavy atom. The van der Waals surface area contributed by atoms with Gasteiger partial charge in [-0.1, -0.05) is 17.7 Å². The predicted octanol–water partition coefficient (Wildman–Crippen LogP) is 5.87. The Kier molecular flexibility index (Phi) is 7.69. The van der Waals surface area contributed by atoms with E-state index in [1.165, 1.54) is 0 Å². The van der Waals surface area contributed by atoms with E-state index in [2.05, 4.69) is 20.6 Å². The number of rotatable bonds is 4. The molecular weight excluding hydrogens is 552 g/mol. The SMILES string of the molecule is O=C(OC(C(F)(F)F)C(F)(F)F)N1CCC2(CC1)CN(Cc1c(Cl)cccc1N1CCC3(CCOCC3)C1)C2. The second-order valence-electron chi connectivity index (χ2n) is 11.5. The molecule has 1 aromatic carbocycles. The van der Waals surface area contributed by atoms with Gasteiger partial charge in [0.05, 0.1) is 0 Å². The van der Waals surface area contributed by atoms with Crippen LogP contribution < -0.4 is 4.90 Å². The Morgan fingerprint density at radius 1 is 0.923 bits per heavy atom. The normalized spacial score (nSPS) is 23.5. The van der Waals surface area contributed by atoms with Gasteiger partial charge in [-0.2, -0.15) is 26.3 Å². The fourth-order valence-electron chi connectivity index (χ4n) is 6.57. The molecule has 4 aliphatic rings. The van der Waals surface area contributed by atoms with Crippen molar-refractivity contribution < 1.29 is 40.6 Å². The molecule has 0 radical (unpaired) electrons. The van der Waals surface area contributed by atoms with Crippen LogP contribution in [-0.2, 0) is 16.0 Å². The van der Waals surface area contributed by atoms with Crippen molar-refractivity contribution in [2.45, 2.75) is 57.1 Å². The highest BCUT2D eigenvalue weighted by Crippen LogP contribution is 2.45. The summed E-state index contributed by atoms with van der Waals surface area (Å²) < 4.78 is 86.0. The van der Waals surface area contributed by atoms with E-state index in [9.17, 15) is 31.1 Å². The lowest BCUT2D eigenvalue weighted by Crippen LogP contribution is -2.60. The Morgan fingerprint density at radius 3 is 2.15 bits per heavy atom. The highest BCUT2D eigenvalue weighted by molar-refractivity contribution is 6.31.